The van der Waals surface area contributed by atoms with Gasteiger partial charge in [0.2, 0.25) is 0 Å². The second-order valence-electron chi connectivity index (χ2n) is 11.8. The van der Waals surface area contributed by atoms with Crippen molar-refractivity contribution in [3.8, 4) is 0 Å². The predicted molar refractivity (Wildman–Crippen MR) is 198 cm³/mol. The van der Waals surface area contributed by atoms with Gasteiger partial charge in [0.25, 0.3) is 30.4 Å². The lowest BCUT2D eigenvalue weighted by molar-refractivity contribution is -0.539. The second kappa shape index (κ2) is 16.3. The van der Waals surface area contributed by atoms with Crippen molar-refractivity contribution in [2.45, 2.75) is 47.5 Å². The van der Waals surface area contributed by atoms with E-state index in [-0.39, 0.29) is 26.2 Å². The van der Waals surface area contributed by atoms with Gasteiger partial charge in [-0.05, 0) is 102 Å². The number of benzene rings is 4. The fraction of sp³-hybridized carbons (Fsp3) is 0.162. The van der Waals surface area contributed by atoms with E-state index in [1.165, 1.54) is 36.4 Å². The zero-order chi connectivity index (χ0) is 37.0. The van der Waals surface area contributed by atoms with Crippen molar-refractivity contribution in [1.82, 2.24) is 0 Å². The van der Waals surface area contributed by atoms with Crippen molar-refractivity contribution in [3.05, 3.63) is 149 Å². The predicted octanol–water partition coefficient (Wildman–Crippen LogP) is 6.41. The lowest BCUT2D eigenvalue weighted by Gasteiger charge is -2.20. The van der Waals surface area contributed by atoms with E-state index in [0.29, 0.717) is 36.2 Å². The van der Waals surface area contributed by atoms with Crippen molar-refractivity contribution >= 4 is 47.3 Å². The summed E-state index contributed by atoms with van der Waals surface area (Å²) in [5.41, 5.74) is 6.12. The quantitative estimate of drug-likeness (QED) is 0.0914. The smallest absolute Gasteiger partial charge is 0.294 e. The molecule has 15 heteroatoms. The number of rotatable bonds is 12. The molecule has 0 spiro atoms. The van der Waals surface area contributed by atoms with Crippen LogP contribution in [0.5, 0.6) is 0 Å². The number of nitrogens with zero attached hydrogens (tertiary/aromatic N) is 1. The molecule has 0 radical (unpaired) electrons. The van der Waals surface area contributed by atoms with E-state index in [4.69, 9.17) is 0 Å². The summed E-state index contributed by atoms with van der Waals surface area (Å²) in [6.45, 7) is 4.92. The second-order valence-corrected chi connectivity index (χ2v) is 16.1. The summed E-state index contributed by atoms with van der Waals surface area (Å²) >= 11 is 0. The molecular weight excluding hydrogens is 729 g/mol. The normalized spacial score (nSPS) is 13.7. The Hall–Kier alpha value is -4.74. The first kappa shape index (κ1) is 40.0. The van der Waals surface area contributed by atoms with Gasteiger partial charge >= 0.3 is 0 Å². The Balaban J connectivity index is 0.00000605. The van der Waals surface area contributed by atoms with Gasteiger partial charge in [-0.2, -0.15) is 25.3 Å². The highest BCUT2D eigenvalue weighted by atomic mass is 32.2. The molecule has 52 heavy (non-hydrogen) atoms. The molecule has 0 heterocycles. The van der Waals surface area contributed by atoms with Crippen LogP contribution in [0, 0.1) is 0 Å². The van der Waals surface area contributed by atoms with Crippen molar-refractivity contribution in [2.24, 2.45) is 0 Å². The zero-order valence-electron chi connectivity index (χ0n) is 28.2. The molecule has 5 N–H and O–H groups in total. The SMILES string of the molecule is CCC(Nc1ccc(C(=C2C=CC(=[N+](CC)Cc3cccc(S(=O)(=O)O)c3)C=C2)c2ccc(S(=O)(=O)O)cc2)cc1)c1cccc(S(=O)(=O)O)c1.[OH-]. The summed E-state index contributed by atoms with van der Waals surface area (Å²) in [7, 11) is -13.1. The Bertz CT molecular complexity index is 2380. The van der Waals surface area contributed by atoms with E-state index in [2.05, 4.69) is 5.32 Å². The summed E-state index contributed by atoms with van der Waals surface area (Å²) in [6, 6.07) is 25.5. The number of anilines is 1. The standard InChI is InChI=1S/C37H36N2O9S3.H2O/c1-3-36(30-8-6-10-35(24-30)51(46,47)48)38-31-17-11-27(12-18-31)37(29-15-21-33(22-16-29)49(40,41)42)28-13-19-32(20-14-28)39(4-2)25-26-7-5-9-34(23-26)50(43,44)45;/h5-24,36H,3-4,25H2,1-2H3,(H3,40,41,42,43,44,45,46,47,48);1H2. The molecule has 1 aliphatic rings. The van der Waals surface area contributed by atoms with Crippen molar-refractivity contribution in [2.75, 3.05) is 11.9 Å². The molecule has 0 aliphatic heterocycles. The molecule has 1 unspecified atom stereocenters. The van der Waals surface area contributed by atoms with Gasteiger partial charge in [-0.15, -0.1) is 0 Å². The minimum absolute atomic E-state index is 0. The maximum absolute atomic E-state index is 11.8. The molecule has 0 saturated carbocycles. The molecule has 0 aromatic heterocycles. The first-order valence-electron chi connectivity index (χ1n) is 15.9. The van der Waals surface area contributed by atoms with Gasteiger partial charge in [0, 0.05) is 23.4 Å². The fourth-order valence-electron chi connectivity index (χ4n) is 5.79. The highest BCUT2D eigenvalue weighted by Crippen LogP contribution is 2.32. The molecule has 12 nitrogen and oxygen atoms in total. The summed E-state index contributed by atoms with van der Waals surface area (Å²) < 4.78 is 101. The fourth-order valence-corrected chi connectivity index (χ4v) is 7.36. The lowest BCUT2D eigenvalue weighted by Crippen LogP contribution is -2.19. The van der Waals surface area contributed by atoms with Gasteiger partial charge in [-0.25, -0.2) is 4.58 Å². The van der Waals surface area contributed by atoms with Gasteiger partial charge < -0.3 is 10.8 Å². The van der Waals surface area contributed by atoms with Crippen LogP contribution in [0.25, 0.3) is 5.57 Å². The zero-order valence-corrected chi connectivity index (χ0v) is 30.6. The first-order chi connectivity index (χ1) is 24.1. The highest BCUT2D eigenvalue weighted by molar-refractivity contribution is 7.86. The van der Waals surface area contributed by atoms with Crippen molar-refractivity contribution in [3.63, 3.8) is 0 Å². The lowest BCUT2D eigenvalue weighted by atomic mass is 9.90. The Morgan fingerprint density at radius 3 is 1.69 bits per heavy atom. The maximum Gasteiger partial charge on any atom is 0.294 e. The van der Waals surface area contributed by atoms with Crippen LogP contribution >= 0.6 is 0 Å². The molecular formula is C37H38N2O10S3. The molecule has 0 fully saturated rings. The Morgan fingerprint density at radius 2 is 1.17 bits per heavy atom. The number of hydrogen-bond donors (Lipinski definition) is 4. The third kappa shape index (κ3) is 9.77. The van der Waals surface area contributed by atoms with E-state index in [1.807, 2.05) is 67.0 Å². The molecule has 5 rings (SSSR count). The van der Waals surface area contributed by atoms with Crippen LogP contribution in [0.3, 0.4) is 0 Å². The van der Waals surface area contributed by atoms with Crippen LogP contribution in [0.4, 0.5) is 5.69 Å². The summed E-state index contributed by atoms with van der Waals surface area (Å²) in [5.74, 6) is 0. The summed E-state index contributed by atoms with van der Waals surface area (Å²) in [6.07, 6.45) is 8.35. The van der Waals surface area contributed by atoms with Crippen LogP contribution in [-0.4, -0.2) is 61.2 Å². The maximum atomic E-state index is 11.8. The minimum Gasteiger partial charge on any atom is -0.870 e. The minimum atomic E-state index is -4.40. The van der Waals surface area contributed by atoms with Gasteiger partial charge in [0.1, 0.15) is 6.54 Å². The average Bonchev–Trinajstić information content (AvgIpc) is 3.10. The molecule has 0 amide bonds. The van der Waals surface area contributed by atoms with Crippen LogP contribution < -0.4 is 5.32 Å². The van der Waals surface area contributed by atoms with Gasteiger partial charge in [-0.3, -0.25) is 13.7 Å². The van der Waals surface area contributed by atoms with Crippen LogP contribution in [-0.2, 0) is 36.9 Å². The van der Waals surface area contributed by atoms with E-state index in [0.717, 1.165) is 28.1 Å². The Morgan fingerprint density at radius 1 is 0.654 bits per heavy atom. The average molecular weight is 767 g/mol. The summed E-state index contributed by atoms with van der Waals surface area (Å²) in [4.78, 5) is -0.599. The molecule has 4 aromatic rings. The molecule has 274 valence electrons. The van der Waals surface area contributed by atoms with Crippen molar-refractivity contribution in [1.29, 1.82) is 0 Å². The molecule has 1 atom stereocenters. The largest absolute Gasteiger partial charge is 0.870 e. The van der Waals surface area contributed by atoms with E-state index < -0.39 is 30.4 Å². The van der Waals surface area contributed by atoms with E-state index in [1.54, 1.807) is 36.4 Å². The molecule has 0 bridgehead atoms. The Labute approximate surface area is 303 Å². The van der Waals surface area contributed by atoms with Crippen LogP contribution in [0.1, 0.15) is 48.6 Å². The van der Waals surface area contributed by atoms with Gasteiger partial charge in [0.05, 0.1) is 20.7 Å². The van der Waals surface area contributed by atoms with Gasteiger partial charge in [0.15, 0.2) is 12.3 Å². The number of hydrogen-bond acceptors (Lipinski definition) is 8. The first-order valence-corrected chi connectivity index (χ1v) is 20.2. The number of allylic oxidation sites excluding steroid dienone is 5. The topological polar surface area (TPSA) is 208 Å². The highest BCUT2D eigenvalue weighted by Gasteiger charge is 2.19. The third-order valence-electron chi connectivity index (χ3n) is 8.39. The third-order valence-corrected chi connectivity index (χ3v) is 11.0. The molecule has 0 saturated heterocycles. The van der Waals surface area contributed by atoms with E-state index >= 15 is 0 Å². The molecule has 1 aliphatic carbocycles. The number of nitrogens with one attached hydrogen (secondary N) is 1. The monoisotopic (exact) mass is 766 g/mol. The Kier molecular flexibility index (Phi) is 12.5. The van der Waals surface area contributed by atoms with E-state index in [9.17, 15) is 38.9 Å². The molecule has 4 aromatic carbocycles. The summed E-state index contributed by atoms with van der Waals surface area (Å²) in [5, 5.41) is 3.42. The van der Waals surface area contributed by atoms with Crippen molar-refractivity contribution < 1.29 is 49.0 Å². The van der Waals surface area contributed by atoms with Gasteiger partial charge in [-0.1, -0.05) is 55.5 Å². The van der Waals surface area contributed by atoms with Crippen LogP contribution in [0.2, 0.25) is 0 Å². The van der Waals surface area contributed by atoms with Crippen LogP contribution in [0.15, 0.2) is 142 Å².